The molecule has 31 heavy (non-hydrogen) atoms. The molecule has 1 atom stereocenters. The van der Waals surface area contributed by atoms with Crippen LogP contribution in [-0.2, 0) is 16.6 Å². The highest BCUT2D eigenvalue weighted by atomic mass is 32.2. The van der Waals surface area contributed by atoms with E-state index in [0.29, 0.717) is 18.3 Å². The van der Waals surface area contributed by atoms with Crippen LogP contribution in [-0.4, -0.2) is 60.8 Å². The standard InChI is InChI=1S/C22H32N4O4S/c1-16-7-8-20(29-2)18(14-16)15-25-12-9-17(10-13-25)21-23-24-22(30-21)19-6-4-5-11-26(19)31(3,27)28/h7-8,14,17,19H,4-6,9-13,15H2,1-3H3. The van der Waals surface area contributed by atoms with Crippen molar-refractivity contribution in [2.45, 2.75) is 57.5 Å². The van der Waals surface area contributed by atoms with Gasteiger partial charge in [0.15, 0.2) is 0 Å². The average molecular weight is 449 g/mol. The number of piperidine rings is 2. The number of aryl methyl sites for hydroxylation is 1. The van der Waals surface area contributed by atoms with E-state index in [1.807, 2.05) is 6.07 Å². The number of benzene rings is 1. The maximum atomic E-state index is 12.2. The van der Waals surface area contributed by atoms with Gasteiger partial charge >= 0.3 is 0 Å². The zero-order valence-electron chi connectivity index (χ0n) is 18.6. The lowest BCUT2D eigenvalue weighted by Crippen LogP contribution is -2.37. The van der Waals surface area contributed by atoms with E-state index in [1.54, 1.807) is 7.11 Å². The van der Waals surface area contributed by atoms with E-state index in [9.17, 15) is 8.42 Å². The molecule has 1 unspecified atom stereocenters. The molecule has 2 aliphatic heterocycles. The largest absolute Gasteiger partial charge is 0.496 e. The summed E-state index contributed by atoms with van der Waals surface area (Å²) in [5.41, 5.74) is 2.44. The Bertz CT molecular complexity index is 999. The molecule has 2 saturated heterocycles. The molecule has 170 valence electrons. The number of aromatic nitrogens is 2. The minimum atomic E-state index is -3.30. The Morgan fingerprint density at radius 3 is 2.55 bits per heavy atom. The van der Waals surface area contributed by atoms with Crippen molar-refractivity contribution in [1.82, 2.24) is 19.4 Å². The lowest BCUT2D eigenvalue weighted by atomic mass is 9.96. The van der Waals surface area contributed by atoms with Crippen LogP contribution in [0.15, 0.2) is 22.6 Å². The summed E-state index contributed by atoms with van der Waals surface area (Å²) in [6.07, 6.45) is 5.70. The molecule has 0 radical (unpaired) electrons. The fraction of sp³-hybridized carbons (Fsp3) is 0.636. The Balaban J connectivity index is 1.39. The Kier molecular flexibility index (Phi) is 6.64. The first-order valence-electron chi connectivity index (χ1n) is 11.0. The smallest absolute Gasteiger partial charge is 0.234 e. The molecule has 0 bridgehead atoms. The van der Waals surface area contributed by atoms with Gasteiger partial charge < -0.3 is 9.15 Å². The second-order valence-electron chi connectivity index (χ2n) is 8.73. The topological polar surface area (TPSA) is 88.8 Å². The third-order valence-electron chi connectivity index (χ3n) is 6.39. The number of nitrogens with zero attached hydrogens (tertiary/aromatic N) is 4. The summed E-state index contributed by atoms with van der Waals surface area (Å²) in [6.45, 7) is 5.36. The summed E-state index contributed by atoms with van der Waals surface area (Å²) < 4.78 is 37.4. The number of ether oxygens (including phenoxy) is 1. The number of hydrogen-bond donors (Lipinski definition) is 0. The van der Waals surface area contributed by atoms with Gasteiger partial charge in [-0.05, 0) is 51.8 Å². The van der Waals surface area contributed by atoms with Crippen LogP contribution in [0.5, 0.6) is 5.75 Å². The van der Waals surface area contributed by atoms with Crippen molar-refractivity contribution in [3.05, 3.63) is 41.1 Å². The fourth-order valence-electron chi connectivity index (χ4n) is 4.70. The number of likely N-dealkylation sites (tertiary alicyclic amines) is 1. The van der Waals surface area contributed by atoms with Crippen LogP contribution < -0.4 is 4.74 Å². The predicted molar refractivity (Wildman–Crippen MR) is 117 cm³/mol. The van der Waals surface area contributed by atoms with Gasteiger partial charge in [-0.25, -0.2) is 8.42 Å². The van der Waals surface area contributed by atoms with Crippen LogP contribution in [0.2, 0.25) is 0 Å². The molecule has 3 heterocycles. The van der Waals surface area contributed by atoms with Gasteiger partial charge in [0.25, 0.3) is 0 Å². The van der Waals surface area contributed by atoms with Gasteiger partial charge in [0, 0.05) is 24.6 Å². The zero-order chi connectivity index (χ0) is 22.0. The lowest BCUT2D eigenvalue weighted by molar-refractivity contribution is 0.182. The lowest BCUT2D eigenvalue weighted by Gasteiger charge is -2.31. The first-order valence-corrected chi connectivity index (χ1v) is 12.9. The second kappa shape index (κ2) is 9.26. The minimum absolute atomic E-state index is 0.215. The first kappa shape index (κ1) is 22.2. The van der Waals surface area contributed by atoms with Crippen LogP contribution in [0.4, 0.5) is 0 Å². The van der Waals surface area contributed by atoms with Crippen molar-refractivity contribution in [2.75, 3.05) is 33.0 Å². The van der Waals surface area contributed by atoms with Crippen LogP contribution in [0.25, 0.3) is 0 Å². The highest BCUT2D eigenvalue weighted by molar-refractivity contribution is 7.88. The van der Waals surface area contributed by atoms with Crippen LogP contribution >= 0.6 is 0 Å². The molecular formula is C22H32N4O4S. The number of sulfonamides is 1. The maximum absolute atomic E-state index is 12.2. The van der Waals surface area contributed by atoms with Gasteiger partial charge in [0.05, 0.1) is 13.4 Å². The van der Waals surface area contributed by atoms with Crippen molar-refractivity contribution in [1.29, 1.82) is 0 Å². The third kappa shape index (κ3) is 5.10. The maximum Gasteiger partial charge on any atom is 0.234 e. The molecule has 1 aromatic heterocycles. The summed E-state index contributed by atoms with van der Waals surface area (Å²) in [6, 6.07) is 5.95. The van der Waals surface area contributed by atoms with E-state index >= 15 is 0 Å². The molecule has 0 aliphatic carbocycles. The van der Waals surface area contributed by atoms with Gasteiger partial charge in [-0.1, -0.05) is 24.1 Å². The molecule has 2 aliphatic rings. The normalized spacial score (nSPS) is 22.0. The van der Waals surface area contributed by atoms with Gasteiger partial charge in [-0.15, -0.1) is 10.2 Å². The van der Waals surface area contributed by atoms with Gasteiger partial charge in [0.2, 0.25) is 21.8 Å². The molecule has 2 fully saturated rings. The van der Waals surface area contributed by atoms with Crippen LogP contribution in [0.1, 0.15) is 67.0 Å². The SMILES string of the molecule is COc1ccc(C)cc1CN1CCC(c2nnc(C3CCCCN3S(C)(=O)=O)o2)CC1. The summed E-state index contributed by atoms with van der Waals surface area (Å²) in [5, 5.41) is 8.55. The van der Waals surface area contributed by atoms with Crippen LogP contribution in [0, 0.1) is 6.92 Å². The van der Waals surface area contributed by atoms with Gasteiger partial charge in [0.1, 0.15) is 11.8 Å². The molecule has 0 saturated carbocycles. The minimum Gasteiger partial charge on any atom is -0.496 e. The summed E-state index contributed by atoms with van der Waals surface area (Å²) in [4.78, 5) is 2.43. The van der Waals surface area contributed by atoms with Crippen molar-refractivity contribution >= 4 is 10.0 Å². The summed E-state index contributed by atoms with van der Waals surface area (Å²) in [5.74, 6) is 2.22. The molecule has 9 heteroatoms. The number of rotatable bonds is 6. The van der Waals surface area contributed by atoms with E-state index in [0.717, 1.165) is 57.5 Å². The quantitative estimate of drug-likeness (QED) is 0.670. The van der Waals surface area contributed by atoms with E-state index in [2.05, 4.69) is 34.2 Å². The van der Waals surface area contributed by atoms with Crippen LogP contribution in [0.3, 0.4) is 0 Å². The average Bonchev–Trinajstić information content (AvgIpc) is 3.24. The summed E-state index contributed by atoms with van der Waals surface area (Å²) >= 11 is 0. The molecular weight excluding hydrogens is 416 g/mol. The number of methoxy groups -OCH3 is 1. The number of hydrogen-bond acceptors (Lipinski definition) is 7. The molecule has 1 aromatic carbocycles. The van der Waals surface area contributed by atoms with Crippen molar-refractivity contribution in [3.8, 4) is 5.75 Å². The Labute approximate surface area is 184 Å². The Hall–Kier alpha value is -1.97. The van der Waals surface area contributed by atoms with Crippen molar-refractivity contribution in [2.24, 2.45) is 0 Å². The predicted octanol–water partition coefficient (Wildman–Crippen LogP) is 3.25. The fourth-order valence-corrected chi connectivity index (χ4v) is 5.82. The molecule has 0 amide bonds. The summed E-state index contributed by atoms with van der Waals surface area (Å²) in [7, 11) is -1.58. The second-order valence-corrected chi connectivity index (χ2v) is 10.7. The van der Waals surface area contributed by atoms with E-state index in [1.165, 1.54) is 21.7 Å². The van der Waals surface area contributed by atoms with Gasteiger partial charge in [-0.2, -0.15) is 4.31 Å². The zero-order valence-corrected chi connectivity index (χ0v) is 19.4. The third-order valence-corrected chi connectivity index (χ3v) is 7.68. The van der Waals surface area contributed by atoms with Crippen molar-refractivity contribution in [3.63, 3.8) is 0 Å². The first-order chi connectivity index (χ1) is 14.8. The van der Waals surface area contributed by atoms with Crippen molar-refractivity contribution < 1.29 is 17.6 Å². The van der Waals surface area contributed by atoms with E-state index < -0.39 is 10.0 Å². The molecule has 0 spiro atoms. The molecule has 0 N–H and O–H groups in total. The highest BCUT2D eigenvalue weighted by Crippen LogP contribution is 2.35. The Morgan fingerprint density at radius 2 is 1.84 bits per heavy atom. The Morgan fingerprint density at radius 1 is 1.10 bits per heavy atom. The monoisotopic (exact) mass is 448 g/mol. The molecule has 4 rings (SSSR count). The molecule has 2 aromatic rings. The highest BCUT2D eigenvalue weighted by Gasteiger charge is 2.35. The molecule has 8 nitrogen and oxygen atoms in total. The van der Waals surface area contributed by atoms with Gasteiger partial charge in [-0.3, -0.25) is 4.90 Å². The van der Waals surface area contributed by atoms with E-state index in [4.69, 9.17) is 9.15 Å². The van der Waals surface area contributed by atoms with E-state index in [-0.39, 0.29) is 12.0 Å².